The Morgan fingerprint density at radius 3 is 2.77 bits per heavy atom. The van der Waals surface area contributed by atoms with Crippen molar-refractivity contribution >= 4 is 22.8 Å². The Hall–Kier alpha value is -2.62. The summed E-state index contributed by atoms with van der Waals surface area (Å²) in [6.45, 7) is 3.44. The summed E-state index contributed by atoms with van der Waals surface area (Å²) in [6.07, 6.45) is -0.729. The van der Waals surface area contributed by atoms with Gasteiger partial charge >= 0.3 is 0 Å². The van der Waals surface area contributed by atoms with Crippen molar-refractivity contribution in [1.29, 1.82) is 5.26 Å². The molecule has 0 saturated carbocycles. The molecule has 11 nitrogen and oxygen atoms in total. The van der Waals surface area contributed by atoms with Gasteiger partial charge in [-0.3, -0.25) is 4.79 Å². The number of aliphatic hydroxyl groups is 2. The number of hydrogen-bond donors (Lipinski definition) is 4. The summed E-state index contributed by atoms with van der Waals surface area (Å²) in [4.78, 5) is 21.1. The van der Waals surface area contributed by atoms with Crippen LogP contribution in [0.25, 0.3) is 11.0 Å². The van der Waals surface area contributed by atoms with Crippen molar-refractivity contribution in [3.05, 3.63) is 18.1 Å². The Morgan fingerprint density at radius 1 is 1.47 bits per heavy atom. The number of aromatic nitrogens is 3. The number of rotatable bonds is 7. The van der Waals surface area contributed by atoms with Crippen molar-refractivity contribution in [2.45, 2.75) is 44.4 Å². The van der Waals surface area contributed by atoms with E-state index in [0.717, 1.165) is 0 Å². The third-order valence-electron chi connectivity index (χ3n) is 5.27. The molecule has 1 aliphatic rings. The SMILES string of the molecule is CNC(C(=O)Nc1ncnc2c1c(C#N)cn2C1OC(CO)C(O)C1OC)C(C)C. The van der Waals surface area contributed by atoms with Crippen LogP contribution in [0.1, 0.15) is 25.6 Å². The van der Waals surface area contributed by atoms with Gasteiger partial charge in [-0.2, -0.15) is 5.26 Å². The number of fused-ring (bicyclic) bond motifs is 1. The molecule has 0 aromatic carbocycles. The van der Waals surface area contributed by atoms with Crippen LogP contribution >= 0.6 is 0 Å². The Kier molecular flexibility index (Phi) is 6.64. The lowest BCUT2D eigenvalue weighted by atomic mass is 10.0. The first-order valence-corrected chi connectivity index (χ1v) is 9.58. The van der Waals surface area contributed by atoms with Crippen LogP contribution in [-0.2, 0) is 14.3 Å². The molecule has 3 heterocycles. The molecule has 5 unspecified atom stereocenters. The minimum Gasteiger partial charge on any atom is -0.394 e. The van der Waals surface area contributed by atoms with Gasteiger partial charge in [0.2, 0.25) is 5.91 Å². The van der Waals surface area contributed by atoms with Gasteiger partial charge in [-0.25, -0.2) is 9.97 Å². The molecule has 30 heavy (non-hydrogen) atoms. The molecule has 0 aliphatic carbocycles. The van der Waals surface area contributed by atoms with Crippen LogP contribution in [0, 0.1) is 17.2 Å². The molecule has 5 atom stereocenters. The van der Waals surface area contributed by atoms with E-state index in [9.17, 15) is 20.3 Å². The summed E-state index contributed by atoms with van der Waals surface area (Å²) < 4.78 is 12.7. The number of likely N-dealkylation sites (N-methyl/N-ethyl adjacent to an activating group) is 1. The van der Waals surface area contributed by atoms with Crippen LogP contribution in [0.5, 0.6) is 0 Å². The Morgan fingerprint density at radius 2 is 2.20 bits per heavy atom. The van der Waals surface area contributed by atoms with Gasteiger partial charge in [0.15, 0.2) is 6.23 Å². The number of aliphatic hydroxyl groups excluding tert-OH is 2. The number of nitriles is 1. The first kappa shape index (κ1) is 22.1. The van der Waals surface area contributed by atoms with Gasteiger partial charge in [0, 0.05) is 13.3 Å². The molecule has 0 spiro atoms. The van der Waals surface area contributed by atoms with Crippen LogP contribution in [0.15, 0.2) is 12.5 Å². The summed E-state index contributed by atoms with van der Waals surface area (Å²) in [5.41, 5.74) is 0.562. The third kappa shape index (κ3) is 3.76. The average Bonchev–Trinajstić information content (AvgIpc) is 3.25. The van der Waals surface area contributed by atoms with E-state index in [1.54, 1.807) is 11.6 Å². The molecule has 0 radical (unpaired) electrons. The van der Waals surface area contributed by atoms with Gasteiger partial charge in [-0.15, -0.1) is 0 Å². The predicted molar refractivity (Wildman–Crippen MR) is 106 cm³/mol. The molecule has 1 fully saturated rings. The number of nitrogens with zero attached hydrogens (tertiary/aromatic N) is 4. The topological polar surface area (TPSA) is 155 Å². The molecule has 1 amide bonds. The molecule has 2 aromatic heterocycles. The second-order valence-corrected chi connectivity index (χ2v) is 7.42. The first-order valence-electron chi connectivity index (χ1n) is 9.58. The van der Waals surface area contributed by atoms with E-state index < -0.39 is 37.2 Å². The third-order valence-corrected chi connectivity index (χ3v) is 5.27. The van der Waals surface area contributed by atoms with E-state index in [1.165, 1.54) is 19.6 Å². The summed E-state index contributed by atoms with van der Waals surface area (Å²) in [5.74, 6) is -0.0437. The monoisotopic (exact) mass is 418 g/mol. The fourth-order valence-electron chi connectivity index (χ4n) is 3.77. The van der Waals surface area contributed by atoms with Crippen molar-refractivity contribution < 1.29 is 24.5 Å². The van der Waals surface area contributed by atoms with E-state index in [0.29, 0.717) is 11.0 Å². The highest BCUT2D eigenvalue weighted by Crippen LogP contribution is 2.36. The molecular formula is C19H26N6O5. The van der Waals surface area contributed by atoms with E-state index >= 15 is 0 Å². The van der Waals surface area contributed by atoms with Gasteiger partial charge in [-0.05, 0) is 13.0 Å². The fraction of sp³-hybridized carbons (Fsp3) is 0.579. The maximum absolute atomic E-state index is 12.7. The second kappa shape index (κ2) is 9.03. The van der Waals surface area contributed by atoms with Gasteiger partial charge in [-0.1, -0.05) is 13.8 Å². The standard InChI is InChI=1S/C19H26N6O5/c1-9(2)13(21-3)18(28)24-16-12-10(5-20)6-25(17(12)23-8-22-16)19-15(29-4)14(27)11(7-26)30-19/h6,8-9,11,13-15,19,21,26-27H,7H2,1-4H3,(H,22,23,24,28). The zero-order valence-corrected chi connectivity index (χ0v) is 17.2. The van der Waals surface area contributed by atoms with E-state index in [4.69, 9.17) is 9.47 Å². The fourth-order valence-corrected chi connectivity index (χ4v) is 3.77. The van der Waals surface area contributed by atoms with E-state index in [1.807, 2.05) is 13.8 Å². The van der Waals surface area contributed by atoms with E-state index in [2.05, 4.69) is 26.7 Å². The molecular weight excluding hydrogens is 392 g/mol. The number of amides is 1. The van der Waals surface area contributed by atoms with Crippen molar-refractivity contribution in [1.82, 2.24) is 19.9 Å². The number of anilines is 1. The molecule has 3 rings (SSSR count). The molecule has 1 aliphatic heterocycles. The van der Waals surface area contributed by atoms with Crippen LogP contribution in [-0.4, -0.2) is 75.8 Å². The minimum atomic E-state index is -1.06. The number of nitrogens with one attached hydrogen (secondary N) is 2. The zero-order valence-electron chi connectivity index (χ0n) is 17.2. The average molecular weight is 418 g/mol. The quantitative estimate of drug-likeness (QED) is 0.476. The summed E-state index contributed by atoms with van der Waals surface area (Å²) in [7, 11) is 3.12. The largest absolute Gasteiger partial charge is 0.394 e. The van der Waals surface area contributed by atoms with Crippen LogP contribution in [0.4, 0.5) is 5.82 Å². The summed E-state index contributed by atoms with van der Waals surface area (Å²) in [5, 5.41) is 35.6. The molecule has 2 aromatic rings. The van der Waals surface area contributed by atoms with Crippen molar-refractivity contribution in [3.8, 4) is 6.07 Å². The molecule has 162 valence electrons. The first-order chi connectivity index (χ1) is 14.4. The van der Waals surface area contributed by atoms with Crippen molar-refractivity contribution in [2.24, 2.45) is 5.92 Å². The smallest absolute Gasteiger partial charge is 0.242 e. The van der Waals surface area contributed by atoms with Crippen LogP contribution in [0.3, 0.4) is 0 Å². The Labute approximate surface area is 173 Å². The maximum atomic E-state index is 12.7. The minimum absolute atomic E-state index is 0.0404. The number of ether oxygens (including phenoxy) is 2. The van der Waals surface area contributed by atoms with Gasteiger partial charge < -0.3 is 34.9 Å². The molecule has 11 heteroatoms. The molecule has 1 saturated heterocycles. The predicted octanol–water partition coefficient (Wildman–Crippen LogP) is -0.249. The lowest BCUT2D eigenvalue weighted by molar-refractivity contribution is -0.118. The van der Waals surface area contributed by atoms with Crippen molar-refractivity contribution in [3.63, 3.8) is 0 Å². The molecule has 4 N–H and O–H groups in total. The highest BCUT2D eigenvalue weighted by molar-refractivity contribution is 6.03. The van der Waals surface area contributed by atoms with E-state index in [-0.39, 0.29) is 23.2 Å². The van der Waals surface area contributed by atoms with Crippen molar-refractivity contribution in [2.75, 3.05) is 26.1 Å². The number of carbonyl (C=O) groups excluding carboxylic acids is 1. The highest BCUT2D eigenvalue weighted by atomic mass is 16.6. The second-order valence-electron chi connectivity index (χ2n) is 7.42. The summed E-state index contributed by atoms with van der Waals surface area (Å²) >= 11 is 0. The van der Waals surface area contributed by atoms with Crippen LogP contribution in [0.2, 0.25) is 0 Å². The number of carbonyl (C=O) groups is 1. The normalized spacial score (nSPS) is 24.9. The molecule has 0 bridgehead atoms. The lowest BCUT2D eigenvalue weighted by Gasteiger charge is -2.21. The Bertz CT molecular complexity index is 955. The highest BCUT2D eigenvalue weighted by Gasteiger charge is 2.45. The summed E-state index contributed by atoms with van der Waals surface area (Å²) in [6, 6.07) is 1.64. The van der Waals surface area contributed by atoms with Gasteiger partial charge in [0.05, 0.1) is 23.6 Å². The van der Waals surface area contributed by atoms with Crippen LogP contribution < -0.4 is 10.6 Å². The Balaban J connectivity index is 2.05. The zero-order chi connectivity index (χ0) is 22.0. The maximum Gasteiger partial charge on any atom is 0.242 e. The van der Waals surface area contributed by atoms with Gasteiger partial charge in [0.25, 0.3) is 0 Å². The number of hydrogen-bond acceptors (Lipinski definition) is 9. The van der Waals surface area contributed by atoms with Gasteiger partial charge in [0.1, 0.15) is 42.2 Å². The lowest BCUT2D eigenvalue weighted by Crippen LogP contribution is -2.42. The number of methoxy groups -OCH3 is 1.